The predicted molar refractivity (Wildman–Crippen MR) is 47.8 cm³/mol. The van der Waals surface area contributed by atoms with Crippen molar-refractivity contribution in [2.45, 2.75) is 32.7 Å². The third kappa shape index (κ3) is 2.19. The van der Waals surface area contributed by atoms with Crippen molar-refractivity contribution >= 4 is 5.91 Å². The third-order valence-electron chi connectivity index (χ3n) is 2.78. The van der Waals surface area contributed by atoms with Crippen molar-refractivity contribution in [1.29, 1.82) is 0 Å². The van der Waals surface area contributed by atoms with Crippen LogP contribution in [0.25, 0.3) is 0 Å². The monoisotopic (exact) mass is 187 g/mol. The van der Waals surface area contributed by atoms with Crippen molar-refractivity contribution in [3.8, 4) is 0 Å². The summed E-state index contributed by atoms with van der Waals surface area (Å²) in [5.74, 6) is 0.168. The van der Waals surface area contributed by atoms with Gasteiger partial charge in [-0.15, -0.1) is 0 Å². The van der Waals surface area contributed by atoms with Crippen LogP contribution < -0.4 is 5.73 Å². The largest absolute Gasteiger partial charge is 0.367 e. The van der Waals surface area contributed by atoms with E-state index in [9.17, 15) is 4.79 Å². The third-order valence-corrected chi connectivity index (χ3v) is 2.78. The van der Waals surface area contributed by atoms with Gasteiger partial charge >= 0.3 is 0 Å². The second-order valence-corrected chi connectivity index (χ2v) is 3.70. The average molecular weight is 187 g/mol. The zero-order chi connectivity index (χ0) is 10.0. The van der Waals surface area contributed by atoms with E-state index >= 15 is 0 Å². The van der Waals surface area contributed by atoms with Gasteiger partial charge in [0, 0.05) is 13.5 Å². The zero-order valence-corrected chi connectivity index (χ0v) is 8.32. The smallest absolute Gasteiger partial charge is 0.246 e. The van der Waals surface area contributed by atoms with E-state index in [1.54, 1.807) is 7.11 Å². The molecule has 0 aromatic rings. The quantitative estimate of drug-likeness (QED) is 0.685. The highest BCUT2D eigenvalue weighted by molar-refractivity contribution is 5.79. The Kier molecular flexibility index (Phi) is 3.27. The average Bonchev–Trinajstić information content (AvgIpc) is 2.09. The molecule has 0 aromatic carbocycles. The molecule has 1 saturated heterocycles. The molecule has 4 heteroatoms. The highest BCUT2D eigenvalue weighted by Crippen LogP contribution is 2.30. The summed E-state index contributed by atoms with van der Waals surface area (Å²) in [6.45, 7) is 4.06. The molecule has 0 radical (unpaired) electrons. The van der Waals surface area contributed by atoms with Gasteiger partial charge in [0.2, 0.25) is 5.91 Å². The summed E-state index contributed by atoms with van der Waals surface area (Å²) in [5, 5.41) is 0. The fourth-order valence-corrected chi connectivity index (χ4v) is 1.64. The van der Waals surface area contributed by atoms with Crippen molar-refractivity contribution in [3.63, 3.8) is 0 Å². The Hall–Kier alpha value is -0.610. The molecule has 2 N–H and O–H groups in total. The Morgan fingerprint density at radius 2 is 2.15 bits per heavy atom. The van der Waals surface area contributed by atoms with Gasteiger partial charge in [-0.05, 0) is 11.8 Å². The van der Waals surface area contributed by atoms with Crippen molar-refractivity contribution in [3.05, 3.63) is 0 Å². The number of nitrogens with two attached hydrogens (primary N) is 1. The SMILES string of the molecule is COC1CC(C)C(C)C(C(N)=O)O1. The molecule has 4 nitrogen and oxygen atoms in total. The van der Waals surface area contributed by atoms with Gasteiger partial charge in [0.15, 0.2) is 6.29 Å². The maximum Gasteiger partial charge on any atom is 0.246 e. The molecule has 4 unspecified atom stereocenters. The zero-order valence-electron chi connectivity index (χ0n) is 8.32. The van der Waals surface area contributed by atoms with E-state index in [2.05, 4.69) is 6.92 Å². The van der Waals surface area contributed by atoms with Gasteiger partial charge in [0.25, 0.3) is 0 Å². The molecule has 0 saturated carbocycles. The van der Waals surface area contributed by atoms with Crippen LogP contribution >= 0.6 is 0 Å². The number of rotatable bonds is 2. The molecular weight excluding hydrogens is 170 g/mol. The maximum absolute atomic E-state index is 11.0. The van der Waals surface area contributed by atoms with Crippen molar-refractivity contribution in [2.24, 2.45) is 17.6 Å². The van der Waals surface area contributed by atoms with Gasteiger partial charge in [0.05, 0.1) is 0 Å². The van der Waals surface area contributed by atoms with Crippen LogP contribution in [0.4, 0.5) is 0 Å². The molecule has 0 aliphatic carbocycles. The summed E-state index contributed by atoms with van der Waals surface area (Å²) in [6, 6.07) is 0. The maximum atomic E-state index is 11.0. The van der Waals surface area contributed by atoms with Crippen molar-refractivity contribution in [1.82, 2.24) is 0 Å². The number of carbonyl (C=O) groups is 1. The number of carbonyl (C=O) groups excluding carboxylic acids is 1. The van der Waals surface area contributed by atoms with Gasteiger partial charge in [-0.25, -0.2) is 0 Å². The van der Waals surface area contributed by atoms with Gasteiger partial charge in [-0.2, -0.15) is 0 Å². The second-order valence-electron chi connectivity index (χ2n) is 3.70. The van der Waals surface area contributed by atoms with E-state index in [1.807, 2.05) is 6.92 Å². The number of hydrogen-bond acceptors (Lipinski definition) is 3. The standard InChI is InChI=1S/C9H17NO3/c1-5-4-7(12-3)13-8(6(5)2)9(10)11/h5-8H,4H2,1-3H3,(H2,10,11). The van der Waals surface area contributed by atoms with Crippen LogP contribution in [0.1, 0.15) is 20.3 Å². The molecular formula is C9H17NO3. The highest BCUT2D eigenvalue weighted by atomic mass is 16.7. The van der Waals surface area contributed by atoms with Crippen LogP contribution in [0.2, 0.25) is 0 Å². The van der Waals surface area contributed by atoms with Crippen LogP contribution in [0.5, 0.6) is 0 Å². The van der Waals surface area contributed by atoms with E-state index in [1.165, 1.54) is 0 Å². The highest BCUT2D eigenvalue weighted by Gasteiger charge is 2.36. The Bertz CT molecular complexity index is 195. The lowest BCUT2D eigenvalue weighted by atomic mass is 9.85. The molecule has 0 spiro atoms. The number of methoxy groups -OCH3 is 1. The van der Waals surface area contributed by atoms with Crippen LogP contribution in [-0.4, -0.2) is 25.4 Å². The molecule has 1 heterocycles. The first kappa shape index (κ1) is 10.5. The van der Waals surface area contributed by atoms with Crippen LogP contribution in [-0.2, 0) is 14.3 Å². The molecule has 0 bridgehead atoms. The Balaban J connectivity index is 2.66. The first-order valence-electron chi connectivity index (χ1n) is 4.53. The summed E-state index contributed by atoms with van der Waals surface area (Å²) < 4.78 is 10.4. The first-order valence-corrected chi connectivity index (χ1v) is 4.53. The van der Waals surface area contributed by atoms with E-state index < -0.39 is 12.0 Å². The number of amides is 1. The second kappa shape index (κ2) is 4.07. The van der Waals surface area contributed by atoms with Gasteiger partial charge in [-0.3, -0.25) is 4.79 Å². The minimum absolute atomic E-state index is 0.170. The summed E-state index contributed by atoms with van der Waals surface area (Å²) in [5.41, 5.74) is 5.22. The summed E-state index contributed by atoms with van der Waals surface area (Å²) >= 11 is 0. The molecule has 1 fully saturated rings. The molecule has 13 heavy (non-hydrogen) atoms. The summed E-state index contributed by atoms with van der Waals surface area (Å²) in [6.07, 6.45) is 0.0268. The fourth-order valence-electron chi connectivity index (χ4n) is 1.64. The van der Waals surface area contributed by atoms with E-state index in [0.29, 0.717) is 5.92 Å². The van der Waals surface area contributed by atoms with Gasteiger partial charge in [-0.1, -0.05) is 13.8 Å². The lowest BCUT2D eigenvalue weighted by Crippen LogP contribution is -2.46. The minimum atomic E-state index is -0.506. The molecule has 1 aliphatic heterocycles. The Morgan fingerprint density at radius 3 is 2.62 bits per heavy atom. The van der Waals surface area contributed by atoms with Crippen molar-refractivity contribution < 1.29 is 14.3 Å². The van der Waals surface area contributed by atoms with E-state index in [0.717, 1.165) is 6.42 Å². The summed E-state index contributed by atoms with van der Waals surface area (Å²) in [4.78, 5) is 11.0. The minimum Gasteiger partial charge on any atom is -0.367 e. The number of ether oxygens (including phenoxy) is 2. The van der Waals surface area contributed by atoms with Crippen LogP contribution in [0, 0.1) is 11.8 Å². The van der Waals surface area contributed by atoms with Gasteiger partial charge < -0.3 is 15.2 Å². The van der Waals surface area contributed by atoms with Gasteiger partial charge in [0.1, 0.15) is 6.10 Å². The first-order chi connectivity index (χ1) is 6.06. The molecule has 76 valence electrons. The molecule has 4 atom stereocenters. The number of hydrogen-bond donors (Lipinski definition) is 1. The molecule has 0 aromatic heterocycles. The number of primary amides is 1. The normalized spacial score (nSPS) is 40.2. The van der Waals surface area contributed by atoms with Crippen LogP contribution in [0.15, 0.2) is 0 Å². The lowest BCUT2D eigenvalue weighted by Gasteiger charge is -2.36. The topological polar surface area (TPSA) is 61.5 Å². The molecule has 1 aliphatic rings. The molecule has 1 amide bonds. The van der Waals surface area contributed by atoms with Crippen LogP contribution in [0.3, 0.4) is 0 Å². The lowest BCUT2D eigenvalue weighted by molar-refractivity contribution is -0.208. The van der Waals surface area contributed by atoms with E-state index in [4.69, 9.17) is 15.2 Å². The van der Waals surface area contributed by atoms with Crippen molar-refractivity contribution in [2.75, 3.05) is 7.11 Å². The molecule has 1 rings (SSSR count). The summed E-state index contributed by atoms with van der Waals surface area (Å²) in [7, 11) is 1.57. The predicted octanol–water partition coefficient (Wildman–Crippen LogP) is 0.505. The van der Waals surface area contributed by atoms with E-state index in [-0.39, 0.29) is 12.2 Å². The Labute approximate surface area is 78.4 Å². The fraction of sp³-hybridized carbons (Fsp3) is 0.889. The Morgan fingerprint density at radius 1 is 1.54 bits per heavy atom.